The molecule has 2 heterocycles. The van der Waals surface area contributed by atoms with E-state index >= 15 is 0 Å². The highest BCUT2D eigenvalue weighted by Crippen LogP contribution is 2.62. The van der Waals surface area contributed by atoms with Crippen LogP contribution in [0.2, 0.25) is 0 Å². The Labute approximate surface area is 194 Å². The third-order valence-corrected chi connectivity index (χ3v) is 9.50. The molecule has 4 rings (SSSR count). The number of methoxy groups -OCH3 is 1. The second-order valence-electron chi connectivity index (χ2n) is 11.3. The maximum absolute atomic E-state index is 12.8. The number of rotatable bonds is 6. The first-order valence-corrected chi connectivity index (χ1v) is 12.8. The van der Waals surface area contributed by atoms with E-state index in [-0.39, 0.29) is 16.8 Å². The lowest BCUT2D eigenvalue weighted by Gasteiger charge is -2.57. The zero-order chi connectivity index (χ0) is 22.9. The summed E-state index contributed by atoms with van der Waals surface area (Å²) in [7, 11) is 1.54. The van der Waals surface area contributed by atoms with Crippen molar-refractivity contribution >= 4 is 5.97 Å². The third kappa shape index (κ3) is 4.20. The van der Waals surface area contributed by atoms with Crippen molar-refractivity contribution in [2.24, 2.45) is 22.7 Å². The summed E-state index contributed by atoms with van der Waals surface area (Å²) >= 11 is 0. The van der Waals surface area contributed by atoms with E-state index in [1.807, 2.05) is 6.26 Å². The second-order valence-corrected chi connectivity index (χ2v) is 11.3. The Hall–Kier alpha value is -1.55. The summed E-state index contributed by atoms with van der Waals surface area (Å²) in [4.78, 5) is 15.4. The fraction of sp³-hybridized carbons (Fsp3) is 0.750. The summed E-state index contributed by atoms with van der Waals surface area (Å²) in [6.45, 7) is 13.5. The molecule has 1 aliphatic heterocycles. The summed E-state index contributed by atoms with van der Waals surface area (Å²) in [6, 6.07) is 2.81. The maximum Gasteiger partial charge on any atom is 0.311 e. The minimum absolute atomic E-state index is 0.0209. The molecule has 5 atom stereocenters. The van der Waals surface area contributed by atoms with E-state index in [9.17, 15) is 4.79 Å². The van der Waals surface area contributed by atoms with E-state index in [1.165, 1.54) is 43.4 Å². The van der Waals surface area contributed by atoms with E-state index in [1.54, 1.807) is 7.11 Å². The van der Waals surface area contributed by atoms with Gasteiger partial charge in [-0.15, -0.1) is 0 Å². The first kappa shape index (κ1) is 23.6. The molecule has 1 aromatic heterocycles. The summed E-state index contributed by atoms with van der Waals surface area (Å²) in [5, 5.41) is 0. The van der Waals surface area contributed by atoms with Crippen molar-refractivity contribution in [2.45, 2.75) is 97.6 Å². The van der Waals surface area contributed by atoms with Crippen LogP contribution in [0.25, 0.3) is 0 Å². The molecule has 2 saturated carbocycles. The molecule has 3 fully saturated rings. The SMILES string of the molecule is C=C1CCC2C(C)(C(=O)OC)CCC[C@]2(C)[C@H]1CCc1ccoc1CN1CCCCC1C. The third-order valence-electron chi connectivity index (χ3n) is 9.50. The molecule has 4 nitrogen and oxygen atoms in total. The molecular formula is C28H43NO3. The van der Waals surface area contributed by atoms with Gasteiger partial charge in [-0.3, -0.25) is 9.69 Å². The Balaban J connectivity index is 1.49. The van der Waals surface area contributed by atoms with Gasteiger partial charge in [0.05, 0.1) is 25.3 Å². The zero-order valence-electron chi connectivity index (χ0n) is 20.8. The average molecular weight is 442 g/mol. The fourth-order valence-corrected chi connectivity index (χ4v) is 7.57. The van der Waals surface area contributed by atoms with Crippen LogP contribution < -0.4 is 0 Å². The zero-order valence-corrected chi connectivity index (χ0v) is 20.8. The van der Waals surface area contributed by atoms with Crippen molar-refractivity contribution in [3.05, 3.63) is 35.8 Å². The number of aryl methyl sites for hydroxylation is 1. The monoisotopic (exact) mass is 441 g/mol. The lowest BCUT2D eigenvalue weighted by atomic mass is 9.46. The van der Waals surface area contributed by atoms with Crippen LogP contribution in [-0.2, 0) is 22.5 Å². The Morgan fingerprint density at radius 3 is 2.81 bits per heavy atom. The molecular weight excluding hydrogens is 398 g/mol. The average Bonchev–Trinajstić information content (AvgIpc) is 3.21. The summed E-state index contributed by atoms with van der Waals surface area (Å²) in [5.74, 6) is 1.93. The van der Waals surface area contributed by atoms with Crippen molar-refractivity contribution in [2.75, 3.05) is 13.7 Å². The van der Waals surface area contributed by atoms with Crippen molar-refractivity contribution in [1.29, 1.82) is 0 Å². The lowest BCUT2D eigenvalue weighted by Crippen LogP contribution is -2.53. The summed E-state index contributed by atoms with van der Waals surface area (Å²) < 4.78 is 11.3. The largest absolute Gasteiger partial charge is 0.469 e. The number of allylic oxidation sites excluding steroid dienone is 1. The van der Waals surface area contributed by atoms with E-state index in [0.717, 1.165) is 50.8 Å². The molecule has 0 amide bonds. The highest BCUT2D eigenvalue weighted by atomic mass is 16.5. The van der Waals surface area contributed by atoms with Crippen LogP contribution in [0.15, 0.2) is 28.9 Å². The lowest BCUT2D eigenvalue weighted by molar-refractivity contribution is -0.168. The number of furan rings is 1. The van der Waals surface area contributed by atoms with Gasteiger partial charge in [-0.1, -0.05) is 31.9 Å². The Morgan fingerprint density at radius 1 is 1.25 bits per heavy atom. The van der Waals surface area contributed by atoms with Gasteiger partial charge in [-0.2, -0.15) is 0 Å². The van der Waals surface area contributed by atoms with Crippen LogP contribution in [0.3, 0.4) is 0 Å². The topological polar surface area (TPSA) is 42.7 Å². The number of hydrogen-bond acceptors (Lipinski definition) is 4. The number of carbonyl (C=O) groups is 1. The van der Waals surface area contributed by atoms with Gasteiger partial charge in [0, 0.05) is 6.04 Å². The van der Waals surface area contributed by atoms with Crippen molar-refractivity contribution in [1.82, 2.24) is 4.90 Å². The van der Waals surface area contributed by atoms with Crippen LogP contribution in [0.5, 0.6) is 0 Å². The normalized spacial score (nSPS) is 36.0. The molecule has 3 unspecified atom stereocenters. The van der Waals surface area contributed by atoms with Crippen LogP contribution in [-0.4, -0.2) is 30.6 Å². The molecule has 4 heteroatoms. The molecule has 0 aromatic carbocycles. The first-order valence-electron chi connectivity index (χ1n) is 12.8. The molecule has 1 saturated heterocycles. The Bertz CT molecular complexity index is 828. The molecule has 1 aromatic rings. The molecule has 3 aliphatic rings. The molecule has 0 bridgehead atoms. The molecule has 0 radical (unpaired) electrons. The van der Waals surface area contributed by atoms with Crippen molar-refractivity contribution < 1.29 is 13.9 Å². The summed E-state index contributed by atoms with van der Waals surface area (Å²) in [5.41, 5.74) is 2.48. The number of piperidine rings is 1. The van der Waals surface area contributed by atoms with E-state index in [2.05, 4.69) is 38.3 Å². The number of esters is 1. The number of hydrogen-bond donors (Lipinski definition) is 0. The molecule has 178 valence electrons. The summed E-state index contributed by atoms with van der Waals surface area (Å²) in [6.07, 6.45) is 13.2. The first-order chi connectivity index (χ1) is 15.3. The van der Waals surface area contributed by atoms with Crippen LogP contribution in [0.4, 0.5) is 0 Å². The number of carbonyl (C=O) groups excluding carboxylic acids is 1. The number of nitrogens with zero attached hydrogens (tertiary/aromatic N) is 1. The van der Waals surface area contributed by atoms with Crippen LogP contribution in [0.1, 0.15) is 89.9 Å². The molecule has 32 heavy (non-hydrogen) atoms. The number of ether oxygens (including phenoxy) is 1. The molecule has 2 aliphatic carbocycles. The van der Waals surface area contributed by atoms with Gasteiger partial charge in [0.15, 0.2) is 0 Å². The Morgan fingerprint density at radius 2 is 2.06 bits per heavy atom. The second kappa shape index (κ2) is 9.37. The van der Waals surface area contributed by atoms with Crippen molar-refractivity contribution in [3.8, 4) is 0 Å². The minimum atomic E-state index is -0.369. The van der Waals surface area contributed by atoms with Gasteiger partial charge < -0.3 is 9.15 Å². The van der Waals surface area contributed by atoms with E-state index in [0.29, 0.717) is 17.9 Å². The van der Waals surface area contributed by atoms with Gasteiger partial charge in [0.1, 0.15) is 5.76 Å². The fourth-order valence-electron chi connectivity index (χ4n) is 7.57. The van der Waals surface area contributed by atoms with Crippen molar-refractivity contribution in [3.63, 3.8) is 0 Å². The van der Waals surface area contributed by atoms with E-state index < -0.39 is 0 Å². The standard InChI is InChI=1S/C28H43NO3/c1-20-10-13-25-27(3,15-8-16-28(25,4)26(30)31-5)23(20)12-11-22-14-18-32-24(22)19-29-17-7-6-9-21(29)2/h14,18,21,23,25H,1,6-13,15-17,19H2,2-5H3/t21?,23-,25?,27+,28?/m0/s1. The highest BCUT2D eigenvalue weighted by molar-refractivity contribution is 5.77. The Kier molecular flexibility index (Phi) is 6.91. The number of likely N-dealkylation sites (tertiary alicyclic amines) is 1. The van der Waals surface area contributed by atoms with Crippen LogP contribution in [0, 0.1) is 22.7 Å². The van der Waals surface area contributed by atoms with Gasteiger partial charge >= 0.3 is 5.97 Å². The van der Waals surface area contributed by atoms with Gasteiger partial charge in [0.25, 0.3) is 0 Å². The highest BCUT2D eigenvalue weighted by Gasteiger charge is 2.57. The molecule has 0 N–H and O–H groups in total. The smallest absolute Gasteiger partial charge is 0.311 e. The minimum Gasteiger partial charge on any atom is -0.469 e. The maximum atomic E-state index is 12.8. The quantitative estimate of drug-likeness (QED) is 0.371. The predicted octanol–water partition coefficient (Wildman–Crippen LogP) is 6.54. The van der Waals surface area contributed by atoms with Crippen LogP contribution >= 0.6 is 0 Å². The van der Waals surface area contributed by atoms with E-state index in [4.69, 9.17) is 9.15 Å². The predicted molar refractivity (Wildman–Crippen MR) is 128 cm³/mol. The van der Waals surface area contributed by atoms with Gasteiger partial charge in [-0.05, 0) is 101 Å². The van der Waals surface area contributed by atoms with Gasteiger partial charge in [0.2, 0.25) is 0 Å². The molecule has 0 spiro atoms. The van der Waals surface area contributed by atoms with Gasteiger partial charge in [-0.25, -0.2) is 0 Å². The number of fused-ring (bicyclic) bond motifs is 1.